The zero-order chi connectivity index (χ0) is 21.5. The summed E-state index contributed by atoms with van der Waals surface area (Å²) in [6.07, 6.45) is 0.565. The number of ether oxygens (including phenoxy) is 1. The third-order valence-electron chi connectivity index (χ3n) is 4.65. The van der Waals surface area contributed by atoms with E-state index in [1.807, 2.05) is 12.1 Å². The Labute approximate surface area is 189 Å². The summed E-state index contributed by atoms with van der Waals surface area (Å²) in [7, 11) is 2.12. The van der Waals surface area contributed by atoms with E-state index in [-0.39, 0.29) is 18.9 Å². The van der Waals surface area contributed by atoms with Crippen molar-refractivity contribution in [1.82, 2.24) is 10.2 Å². The molecule has 0 unspecified atom stereocenters. The molecule has 1 fully saturated rings. The van der Waals surface area contributed by atoms with Gasteiger partial charge in [0.15, 0.2) is 5.06 Å². The summed E-state index contributed by atoms with van der Waals surface area (Å²) in [5.41, 5.74) is 1.60. The van der Waals surface area contributed by atoms with E-state index in [1.165, 1.54) is 0 Å². The van der Waals surface area contributed by atoms with Crippen molar-refractivity contribution in [2.75, 3.05) is 50.0 Å². The summed E-state index contributed by atoms with van der Waals surface area (Å²) >= 11 is 13.4. The lowest BCUT2D eigenvalue weighted by atomic mass is 10.2. The molecule has 2 N–H and O–H groups in total. The summed E-state index contributed by atoms with van der Waals surface area (Å²) in [6, 6.07) is 8.78. The molecule has 1 aromatic heterocycles. The lowest BCUT2D eigenvalue weighted by Gasteiger charge is -2.24. The molecule has 10 heteroatoms. The Bertz CT molecular complexity index is 893. The van der Waals surface area contributed by atoms with Crippen molar-refractivity contribution >= 4 is 57.9 Å². The molecule has 0 bridgehead atoms. The van der Waals surface area contributed by atoms with Gasteiger partial charge in [-0.3, -0.25) is 4.79 Å². The van der Waals surface area contributed by atoms with Gasteiger partial charge in [-0.2, -0.15) is 0 Å². The van der Waals surface area contributed by atoms with Gasteiger partial charge < -0.3 is 25.2 Å². The Morgan fingerprint density at radius 2 is 1.97 bits per heavy atom. The third kappa shape index (κ3) is 6.77. The van der Waals surface area contributed by atoms with Gasteiger partial charge in [0.25, 0.3) is 0 Å². The SMILES string of the molecule is CN1CCCN(c2ccc(NC(=O)CCNC(=O)Oc3ccc(Cl)s3)cc2Cl)CC1. The van der Waals surface area contributed by atoms with Crippen LogP contribution in [-0.4, -0.2) is 56.7 Å². The van der Waals surface area contributed by atoms with E-state index in [0.717, 1.165) is 49.6 Å². The number of carbonyl (C=O) groups excluding carboxylic acids is 2. The van der Waals surface area contributed by atoms with Gasteiger partial charge in [-0.1, -0.05) is 34.5 Å². The fraction of sp³-hybridized carbons (Fsp3) is 0.400. The molecule has 0 saturated carbocycles. The molecule has 30 heavy (non-hydrogen) atoms. The number of benzene rings is 1. The lowest BCUT2D eigenvalue weighted by molar-refractivity contribution is -0.116. The predicted octanol–water partition coefficient (Wildman–Crippen LogP) is 4.31. The summed E-state index contributed by atoms with van der Waals surface area (Å²) in [4.78, 5) is 28.4. The number of nitrogens with one attached hydrogen (secondary N) is 2. The monoisotopic (exact) mass is 470 g/mol. The van der Waals surface area contributed by atoms with E-state index >= 15 is 0 Å². The number of hydrogen-bond acceptors (Lipinski definition) is 6. The van der Waals surface area contributed by atoms with Crippen LogP contribution in [0.15, 0.2) is 30.3 Å². The standard InChI is InChI=1S/C20H24Cl2N4O3S/c1-25-9-2-10-26(12-11-25)16-4-3-14(13-15(16)21)24-18(27)7-8-23-20(28)29-19-6-5-17(22)30-19/h3-6,13H,2,7-12H2,1H3,(H,23,28)(H,24,27). The summed E-state index contributed by atoms with van der Waals surface area (Å²) in [6.45, 7) is 4.09. The molecule has 2 aromatic rings. The second-order valence-corrected chi connectivity index (χ2v) is 9.07. The molecule has 2 heterocycles. The van der Waals surface area contributed by atoms with E-state index in [1.54, 1.807) is 18.2 Å². The largest absolute Gasteiger partial charge is 0.413 e. The summed E-state index contributed by atoms with van der Waals surface area (Å²) in [5, 5.41) is 6.34. The van der Waals surface area contributed by atoms with E-state index in [2.05, 4.69) is 27.5 Å². The summed E-state index contributed by atoms with van der Waals surface area (Å²) < 4.78 is 5.60. The van der Waals surface area contributed by atoms with Gasteiger partial charge in [0, 0.05) is 38.3 Å². The molecule has 1 aliphatic rings. The van der Waals surface area contributed by atoms with Crippen molar-refractivity contribution < 1.29 is 14.3 Å². The number of hydrogen-bond donors (Lipinski definition) is 2. The Morgan fingerprint density at radius 3 is 2.70 bits per heavy atom. The van der Waals surface area contributed by atoms with Gasteiger partial charge in [-0.15, -0.1) is 0 Å². The Hall–Kier alpha value is -2.00. The van der Waals surface area contributed by atoms with E-state index < -0.39 is 6.09 Å². The first-order chi connectivity index (χ1) is 14.4. The molecule has 2 amide bonds. The minimum Gasteiger partial charge on any atom is -0.399 e. The highest BCUT2D eigenvalue weighted by molar-refractivity contribution is 7.17. The molecule has 3 rings (SSSR count). The van der Waals surface area contributed by atoms with Gasteiger partial charge in [-0.05, 0) is 50.3 Å². The number of likely N-dealkylation sites (N-methyl/N-ethyl adjacent to an activating group) is 1. The highest BCUT2D eigenvalue weighted by atomic mass is 35.5. The Kier molecular flexibility index (Phi) is 8.21. The first-order valence-corrected chi connectivity index (χ1v) is 11.2. The lowest BCUT2D eigenvalue weighted by Crippen LogP contribution is -2.30. The van der Waals surface area contributed by atoms with E-state index in [4.69, 9.17) is 27.9 Å². The van der Waals surface area contributed by atoms with Crippen LogP contribution in [-0.2, 0) is 4.79 Å². The zero-order valence-electron chi connectivity index (χ0n) is 16.6. The maximum absolute atomic E-state index is 12.2. The maximum atomic E-state index is 12.2. The fourth-order valence-electron chi connectivity index (χ4n) is 3.11. The second kappa shape index (κ2) is 10.9. The average molecular weight is 471 g/mol. The molecule has 0 aliphatic carbocycles. The molecule has 1 aliphatic heterocycles. The molecule has 0 radical (unpaired) electrons. The first-order valence-electron chi connectivity index (χ1n) is 9.64. The predicted molar refractivity (Wildman–Crippen MR) is 122 cm³/mol. The van der Waals surface area contributed by atoms with Crippen molar-refractivity contribution in [2.45, 2.75) is 12.8 Å². The van der Waals surface area contributed by atoms with Crippen LogP contribution in [0.3, 0.4) is 0 Å². The van der Waals surface area contributed by atoms with Gasteiger partial charge in [-0.25, -0.2) is 4.79 Å². The minimum absolute atomic E-state index is 0.109. The normalized spacial score (nSPS) is 14.8. The smallest absolute Gasteiger partial charge is 0.399 e. The number of anilines is 2. The van der Waals surface area contributed by atoms with Gasteiger partial charge in [0.1, 0.15) is 0 Å². The highest BCUT2D eigenvalue weighted by Gasteiger charge is 2.16. The fourth-order valence-corrected chi connectivity index (χ4v) is 4.28. The molecular formula is C20H24Cl2N4O3S. The highest BCUT2D eigenvalue weighted by Crippen LogP contribution is 2.30. The van der Waals surface area contributed by atoms with Crippen molar-refractivity contribution in [3.8, 4) is 5.06 Å². The van der Waals surface area contributed by atoms with Crippen LogP contribution in [0.25, 0.3) is 0 Å². The van der Waals surface area contributed by atoms with Crippen LogP contribution in [0.1, 0.15) is 12.8 Å². The zero-order valence-corrected chi connectivity index (χ0v) is 18.9. The second-order valence-electron chi connectivity index (χ2n) is 6.98. The van der Waals surface area contributed by atoms with Crippen LogP contribution >= 0.6 is 34.5 Å². The van der Waals surface area contributed by atoms with Gasteiger partial charge in [0.2, 0.25) is 5.91 Å². The molecule has 1 aromatic carbocycles. The first kappa shape index (κ1) is 22.7. The topological polar surface area (TPSA) is 73.9 Å². The van der Waals surface area contributed by atoms with Crippen molar-refractivity contribution in [2.24, 2.45) is 0 Å². The number of halogens is 2. The van der Waals surface area contributed by atoms with Crippen LogP contribution in [0.4, 0.5) is 16.2 Å². The number of carbonyl (C=O) groups is 2. The molecule has 0 atom stereocenters. The molecule has 1 saturated heterocycles. The van der Waals surface area contributed by atoms with Crippen LogP contribution < -0.4 is 20.3 Å². The average Bonchev–Trinajstić information content (AvgIpc) is 2.96. The number of amides is 2. The van der Waals surface area contributed by atoms with Gasteiger partial charge in [0.05, 0.1) is 15.0 Å². The third-order valence-corrected chi connectivity index (χ3v) is 6.07. The minimum atomic E-state index is -0.628. The number of rotatable bonds is 6. The molecule has 0 spiro atoms. The molecule has 162 valence electrons. The molecule has 7 nitrogen and oxygen atoms in total. The van der Waals surface area contributed by atoms with Crippen molar-refractivity contribution in [3.05, 3.63) is 39.7 Å². The van der Waals surface area contributed by atoms with Crippen molar-refractivity contribution in [3.63, 3.8) is 0 Å². The molecular weight excluding hydrogens is 447 g/mol. The van der Waals surface area contributed by atoms with Crippen LogP contribution in [0.2, 0.25) is 9.36 Å². The Balaban J connectivity index is 1.44. The van der Waals surface area contributed by atoms with E-state index in [9.17, 15) is 9.59 Å². The van der Waals surface area contributed by atoms with E-state index in [0.29, 0.717) is 20.1 Å². The maximum Gasteiger partial charge on any atom is 0.413 e. The quantitative estimate of drug-likeness (QED) is 0.657. The Morgan fingerprint density at radius 1 is 1.13 bits per heavy atom. The summed E-state index contributed by atoms with van der Waals surface area (Å²) in [5.74, 6) is -0.227. The number of nitrogens with zero attached hydrogens (tertiary/aromatic N) is 2. The van der Waals surface area contributed by atoms with Crippen LogP contribution in [0, 0.1) is 0 Å². The van der Waals surface area contributed by atoms with Crippen LogP contribution in [0.5, 0.6) is 5.06 Å². The van der Waals surface area contributed by atoms with Crippen molar-refractivity contribution in [1.29, 1.82) is 0 Å². The number of thiophene rings is 1. The van der Waals surface area contributed by atoms with Gasteiger partial charge >= 0.3 is 6.09 Å².